The van der Waals surface area contributed by atoms with Gasteiger partial charge in [0.05, 0.1) is 17.2 Å². The maximum atomic E-state index is 9.74. The van der Waals surface area contributed by atoms with Crippen molar-refractivity contribution in [2.75, 3.05) is 5.32 Å². The van der Waals surface area contributed by atoms with Gasteiger partial charge >= 0.3 is 0 Å². The lowest BCUT2D eigenvalue weighted by Crippen LogP contribution is -2.56. The lowest BCUT2D eigenvalue weighted by atomic mass is 9.64. The second kappa shape index (κ2) is 5.22. The van der Waals surface area contributed by atoms with Crippen LogP contribution in [0.1, 0.15) is 34.1 Å². The normalized spacial score (nSPS) is 25.0. The van der Waals surface area contributed by atoms with Crippen LogP contribution in [-0.4, -0.2) is 23.4 Å². The van der Waals surface area contributed by atoms with Crippen LogP contribution in [0.3, 0.4) is 0 Å². The highest BCUT2D eigenvalue weighted by Gasteiger charge is 2.47. The van der Waals surface area contributed by atoms with E-state index in [1.54, 1.807) is 0 Å². The first-order chi connectivity index (χ1) is 8.80. The molecular weight excluding hydrogens is 262 g/mol. The average Bonchev–Trinajstić information content (AvgIpc) is 2.32. The van der Waals surface area contributed by atoms with Gasteiger partial charge in [0.2, 0.25) is 0 Å². The summed E-state index contributed by atoms with van der Waals surface area (Å²) in [6.45, 7) is 8.08. The fourth-order valence-corrected chi connectivity index (χ4v) is 2.51. The van der Waals surface area contributed by atoms with E-state index in [2.05, 4.69) is 19.2 Å². The second-order valence-corrected chi connectivity index (χ2v) is 6.49. The van der Waals surface area contributed by atoms with Crippen LogP contribution >= 0.6 is 11.6 Å². The second-order valence-electron chi connectivity index (χ2n) is 6.08. The Labute approximate surface area is 119 Å². The standard InChI is InChI=1S/C15H22ClNO2/c1-9(2)19-12-6-5-10(7-11(12)16)17-13-8-14(18)15(13,3)4/h5-7,9,13-14,17-18H,8H2,1-4H3. The SMILES string of the molecule is CC(C)Oc1ccc(NC2CC(O)C2(C)C)cc1Cl. The molecular formula is C15H22ClNO2. The van der Waals surface area contributed by atoms with Crippen LogP contribution in [0, 0.1) is 5.41 Å². The summed E-state index contributed by atoms with van der Waals surface area (Å²) in [6.07, 6.45) is 0.649. The van der Waals surface area contributed by atoms with Crippen molar-refractivity contribution >= 4 is 17.3 Å². The Hall–Kier alpha value is -0.930. The Morgan fingerprint density at radius 3 is 2.58 bits per heavy atom. The predicted molar refractivity (Wildman–Crippen MR) is 79.0 cm³/mol. The van der Waals surface area contributed by atoms with E-state index in [4.69, 9.17) is 16.3 Å². The zero-order valence-corrected chi connectivity index (χ0v) is 12.7. The van der Waals surface area contributed by atoms with Crippen molar-refractivity contribution in [3.63, 3.8) is 0 Å². The molecule has 1 saturated carbocycles. The quantitative estimate of drug-likeness (QED) is 0.885. The van der Waals surface area contributed by atoms with Crippen LogP contribution in [0.5, 0.6) is 5.75 Å². The molecule has 2 N–H and O–H groups in total. The van der Waals surface area contributed by atoms with Crippen LogP contribution in [0.15, 0.2) is 18.2 Å². The van der Waals surface area contributed by atoms with E-state index in [0.717, 1.165) is 12.1 Å². The molecule has 1 aliphatic rings. The molecule has 2 atom stereocenters. The van der Waals surface area contributed by atoms with Gasteiger partial charge < -0.3 is 15.2 Å². The maximum absolute atomic E-state index is 9.74. The summed E-state index contributed by atoms with van der Waals surface area (Å²) in [5, 5.41) is 13.8. The summed E-state index contributed by atoms with van der Waals surface area (Å²) in [5.74, 6) is 0.704. The van der Waals surface area contributed by atoms with Crippen LogP contribution < -0.4 is 10.1 Å². The van der Waals surface area contributed by atoms with Gasteiger partial charge in [-0.15, -0.1) is 0 Å². The first-order valence-corrected chi connectivity index (χ1v) is 7.09. The number of hydrogen-bond acceptors (Lipinski definition) is 3. The molecule has 0 aromatic heterocycles. The molecule has 1 aromatic carbocycles. The van der Waals surface area contributed by atoms with E-state index < -0.39 is 0 Å². The average molecular weight is 284 g/mol. The minimum Gasteiger partial charge on any atom is -0.489 e. The number of benzene rings is 1. The molecule has 0 spiro atoms. The third kappa shape index (κ3) is 2.98. The number of nitrogens with one attached hydrogen (secondary N) is 1. The Bertz CT molecular complexity index is 459. The van der Waals surface area contributed by atoms with Gasteiger partial charge in [0.1, 0.15) is 5.75 Å². The van der Waals surface area contributed by atoms with Crippen LogP contribution in [0.4, 0.5) is 5.69 Å². The molecule has 1 aromatic rings. The first-order valence-electron chi connectivity index (χ1n) is 6.71. The maximum Gasteiger partial charge on any atom is 0.138 e. The number of aliphatic hydroxyl groups is 1. The van der Waals surface area contributed by atoms with E-state index in [1.165, 1.54) is 0 Å². The van der Waals surface area contributed by atoms with Crippen LogP contribution in [0.25, 0.3) is 0 Å². The van der Waals surface area contributed by atoms with Crippen molar-refractivity contribution in [1.29, 1.82) is 0 Å². The topological polar surface area (TPSA) is 41.5 Å². The zero-order valence-electron chi connectivity index (χ0n) is 11.9. The van der Waals surface area contributed by atoms with E-state index in [1.807, 2.05) is 32.0 Å². The van der Waals surface area contributed by atoms with Gasteiger partial charge in [-0.25, -0.2) is 0 Å². The molecule has 0 saturated heterocycles. The number of aliphatic hydroxyl groups excluding tert-OH is 1. The highest BCUT2D eigenvalue weighted by atomic mass is 35.5. The Morgan fingerprint density at radius 1 is 1.42 bits per heavy atom. The molecule has 1 fully saturated rings. The summed E-state index contributed by atoms with van der Waals surface area (Å²) in [5.41, 5.74) is 0.866. The van der Waals surface area contributed by atoms with Crippen molar-refractivity contribution in [2.45, 2.75) is 52.4 Å². The molecule has 0 bridgehead atoms. The van der Waals surface area contributed by atoms with Crippen molar-refractivity contribution in [1.82, 2.24) is 0 Å². The van der Waals surface area contributed by atoms with Gasteiger partial charge in [0, 0.05) is 17.1 Å². The molecule has 4 heteroatoms. The fourth-order valence-electron chi connectivity index (χ4n) is 2.29. The largest absolute Gasteiger partial charge is 0.489 e. The van der Waals surface area contributed by atoms with Gasteiger partial charge in [-0.3, -0.25) is 0 Å². The smallest absolute Gasteiger partial charge is 0.138 e. The lowest BCUT2D eigenvalue weighted by molar-refractivity contribution is -0.0510. The predicted octanol–water partition coefficient (Wildman–Crippen LogP) is 3.70. The number of ether oxygens (including phenoxy) is 1. The molecule has 19 heavy (non-hydrogen) atoms. The van der Waals surface area contributed by atoms with Crippen molar-refractivity contribution in [3.8, 4) is 5.75 Å². The van der Waals surface area contributed by atoms with Gasteiger partial charge in [0.25, 0.3) is 0 Å². The first kappa shape index (κ1) is 14.5. The van der Waals surface area contributed by atoms with Gasteiger partial charge in [-0.2, -0.15) is 0 Å². The monoisotopic (exact) mass is 283 g/mol. The summed E-state index contributed by atoms with van der Waals surface area (Å²) in [4.78, 5) is 0. The molecule has 0 aliphatic heterocycles. The summed E-state index contributed by atoms with van der Waals surface area (Å²) in [6, 6.07) is 5.99. The number of anilines is 1. The number of rotatable bonds is 4. The van der Waals surface area contributed by atoms with Crippen LogP contribution in [0.2, 0.25) is 5.02 Å². The lowest BCUT2D eigenvalue weighted by Gasteiger charge is -2.49. The Morgan fingerprint density at radius 2 is 2.11 bits per heavy atom. The molecule has 0 radical (unpaired) electrons. The van der Waals surface area contributed by atoms with Gasteiger partial charge in [0.15, 0.2) is 0 Å². The van der Waals surface area contributed by atoms with E-state index in [-0.39, 0.29) is 23.7 Å². The fraction of sp³-hybridized carbons (Fsp3) is 0.600. The molecule has 1 aliphatic carbocycles. The highest BCUT2D eigenvalue weighted by Crippen LogP contribution is 2.42. The third-order valence-electron chi connectivity index (χ3n) is 3.85. The number of hydrogen-bond donors (Lipinski definition) is 2. The van der Waals surface area contributed by atoms with Crippen molar-refractivity contribution in [2.24, 2.45) is 5.41 Å². The van der Waals surface area contributed by atoms with Gasteiger partial charge in [-0.1, -0.05) is 25.4 Å². The molecule has 0 amide bonds. The van der Waals surface area contributed by atoms with E-state index in [9.17, 15) is 5.11 Å². The van der Waals surface area contributed by atoms with E-state index in [0.29, 0.717) is 10.8 Å². The highest BCUT2D eigenvalue weighted by molar-refractivity contribution is 6.32. The van der Waals surface area contributed by atoms with Crippen LogP contribution in [-0.2, 0) is 0 Å². The van der Waals surface area contributed by atoms with Crippen molar-refractivity contribution in [3.05, 3.63) is 23.2 Å². The molecule has 2 unspecified atom stereocenters. The molecule has 0 heterocycles. The minimum atomic E-state index is -0.232. The molecule has 2 rings (SSSR count). The third-order valence-corrected chi connectivity index (χ3v) is 4.15. The summed E-state index contributed by atoms with van der Waals surface area (Å²) in [7, 11) is 0. The molecule has 106 valence electrons. The van der Waals surface area contributed by atoms with Crippen molar-refractivity contribution < 1.29 is 9.84 Å². The molecule has 3 nitrogen and oxygen atoms in total. The Kier molecular flexibility index (Phi) is 3.98. The number of halogens is 1. The zero-order chi connectivity index (χ0) is 14.2. The van der Waals surface area contributed by atoms with E-state index >= 15 is 0 Å². The Balaban J connectivity index is 2.05. The minimum absolute atomic E-state index is 0.0976. The van der Waals surface area contributed by atoms with Gasteiger partial charge in [-0.05, 0) is 38.5 Å². The summed E-state index contributed by atoms with van der Waals surface area (Å²) >= 11 is 6.20. The summed E-state index contributed by atoms with van der Waals surface area (Å²) < 4.78 is 5.60.